The van der Waals surface area contributed by atoms with Crippen LogP contribution >= 0.6 is 0 Å². The molecule has 0 unspecified atom stereocenters. The number of carbonyl (C=O) groups is 2. The molecule has 0 aromatic heterocycles. The second-order valence-electron chi connectivity index (χ2n) is 4.22. The first-order chi connectivity index (χ1) is 9.90. The molecule has 0 aliphatic carbocycles. The Kier molecular flexibility index (Phi) is 5.95. The molecule has 1 rings (SSSR count). The standard InChI is InChI=1S/C16H16O5/c1-11(2)15(17)20-10-9-19-13-5-7-14(8-6-13)21-16(18)12(3)4/h5-10H,1,3H2,2,4H3/b10-9-. The second kappa shape index (κ2) is 7.69. The third kappa shape index (κ3) is 5.78. The highest BCUT2D eigenvalue weighted by molar-refractivity contribution is 5.88. The summed E-state index contributed by atoms with van der Waals surface area (Å²) >= 11 is 0. The Bertz CT molecular complexity index is 581. The molecule has 0 N–H and O–H groups in total. The van der Waals surface area contributed by atoms with Crippen molar-refractivity contribution in [3.05, 3.63) is 61.1 Å². The average molecular weight is 288 g/mol. The topological polar surface area (TPSA) is 61.8 Å². The summed E-state index contributed by atoms with van der Waals surface area (Å²) in [5, 5.41) is 0. The van der Waals surface area contributed by atoms with Crippen molar-refractivity contribution in [2.45, 2.75) is 13.8 Å². The lowest BCUT2D eigenvalue weighted by molar-refractivity contribution is -0.133. The van der Waals surface area contributed by atoms with E-state index in [2.05, 4.69) is 13.2 Å². The lowest BCUT2D eigenvalue weighted by Gasteiger charge is -2.04. The van der Waals surface area contributed by atoms with Crippen LogP contribution in [0, 0.1) is 0 Å². The number of esters is 2. The Hall–Kier alpha value is -2.82. The zero-order valence-corrected chi connectivity index (χ0v) is 11.9. The van der Waals surface area contributed by atoms with Crippen molar-refractivity contribution < 1.29 is 23.8 Å². The molecule has 0 fully saturated rings. The molecule has 0 radical (unpaired) electrons. The average Bonchev–Trinajstić information content (AvgIpc) is 2.44. The molecule has 0 heterocycles. The van der Waals surface area contributed by atoms with E-state index in [1.807, 2.05) is 0 Å². The van der Waals surface area contributed by atoms with Gasteiger partial charge < -0.3 is 14.2 Å². The molecule has 0 saturated heterocycles. The van der Waals surface area contributed by atoms with Crippen molar-refractivity contribution in [3.8, 4) is 11.5 Å². The van der Waals surface area contributed by atoms with Crippen LogP contribution < -0.4 is 9.47 Å². The minimum Gasteiger partial charge on any atom is -0.462 e. The van der Waals surface area contributed by atoms with Crippen LogP contribution in [0.4, 0.5) is 0 Å². The molecule has 1 aromatic carbocycles. The summed E-state index contributed by atoms with van der Waals surface area (Å²) in [5.41, 5.74) is 0.612. The van der Waals surface area contributed by atoms with Crippen molar-refractivity contribution in [2.24, 2.45) is 0 Å². The summed E-state index contributed by atoms with van der Waals surface area (Å²) in [5.74, 6) is -0.145. The van der Waals surface area contributed by atoms with Gasteiger partial charge in [-0.1, -0.05) is 13.2 Å². The summed E-state index contributed by atoms with van der Waals surface area (Å²) in [6.45, 7) is 10.0. The minimum atomic E-state index is -0.531. The summed E-state index contributed by atoms with van der Waals surface area (Å²) in [6.07, 6.45) is 2.34. The molecule has 0 bridgehead atoms. The SMILES string of the molecule is C=C(C)C(=O)O/C=C\Oc1ccc(OC(=O)C(=C)C)cc1. The molecular formula is C16H16O5. The van der Waals surface area contributed by atoms with Gasteiger partial charge in [0, 0.05) is 11.1 Å². The van der Waals surface area contributed by atoms with Crippen molar-refractivity contribution >= 4 is 11.9 Å². The minimum absolute atomic E-state index is 0.295. The van der Waals surface area contributed by atoms with Gasteiger partial charge in [0.1, 0.15) is 24.0 Å². The quantitative estimate of drug-likeness (QED) is 0.348. The number of carbonyl (C=O) groups excluding carboxylic acids is 2. The van der Waals surface area contributed by atoms with Crippen LogP contribution in [0.5, 0.6) is 11.5 Å². The number of rotatable bonds is 6. The molecular weight excluding hydrogens is 272 g/mol. The molecule has 110 valence electrons. The van der Waals surface area contributed by atoms with E-state index >= 15 is 0 Å². The zero-order valence-electron chi connectivity index (χ0n) is 11.9. The molecule has 5 heteroatoms. The fraction of sp³-hybridized carbons (Fsp3) is 0.125. The number of benzene rings is 1. The van der Waals surface area contributed by atoms with Crippen LogP contribution in [0.15, 0.2) is 61.1 Å². The summed E-state index contributed by atoms with van der Waals surface area (Å²) in [7, 11) is 0. The Labute approximate surface area is 123 Å². The van der Waals surface area contributed by atoms with E-state index in [1.54, 1.807) is 38.1 Å². The molecule has 21 heavy (non-hydrogen) atoms. The van der Waals surface area contributed by atoms with Gasteiger partial charge in [-0.15, -0.1) is 0 Å². The smallest absolute Gasteiger partial charge is 0.338 e. The van der Waals surface area contributed by atoms with E-state index in [0.717, 1.165) is 6.26 Å². The van der Waals surface area contributed by atoms with Crippen molar-refractivity contribution in [2.75, 3.05) is 0 Å². The van der Waals surface area contributed by atoms with Gasteiger partial charge in [0.15, 0.2) is 0 Å². The van der Waals surface area contributed by atoms with Crippen LogP contribution in [-0.4, -0.2) is 11.9 Å². The van der Waals surface area contributed by atoms with Crippen molar-refractivity contribution in [1.82, 2.24) is 0 Å². The maximum absolute atomic E-state index is 11.3. The lowest BCUT2D eigenvalue weighted by atomic mass is 10.3. The van der Waals surface area contributed by atoms with Gasteiger partial charge >= 0.3 is 11.9 Å². The van der Waals surface area contributed by atoms with Gasteiger partial charge in [0.25, 0.3) is 0 Å². The van der Waals surface area contributed by atoms with E-state index in [9.17, 15) is 9.59 Å². The highest BCUT2D eigenvalue weighted by atomic mass is 16.5. The Morgan fingerprint density at radius 1 is 0.905 bits per heavy atom. The normalized spacial score (nSPS) is 10.0. The highest BCUT2D eigenvalue weighted by Gasteiger charge is 2.05. The summed E-state index contributed by atoms with van der Waals surface area (Å²) in [6, 6.07) is 6.35. The number of ether oxygens (including phenoxy) is 3. The van der Waals surface area contributed by atoms with Crippen LogP contribution in [0.3, 0.4) is 0 Å². The van der Waals surface area contributed by atoms with Crippen molar-refractivity contribution in [1.29, 1.82) is 0 Å². The second-order valence-corrected chi connectivity index (χ2v) is 4.22. The predicted molar refractivity (Wildman–Crippen MR) is 77.6 cm³/mol. The largest absolute Gasteiger partial charge is 0.462 e. The van der Waals surface area contributed by atoms with Crippen LogP contribution in [0.1, 0.15) is 13.8 Å². The van der Waals surface area contributed by atoms with Gasteiger partial charge in [-0.3, -0.25) is 0 Å². The van der Waals surface area contributed by atoms with E-state index < -0.39 is 11.9 Å². The van der Waals surface area contributed by atoms with Gasteiger partial charge in [-0.25, -0.2) is 9.59 Å². The van der Waals surface area contributed by atoms with Crippen LogP contribution in [0.25, 0.3) is 0 Å². The molecule has 0 amide bonds. The first kappa shape index (κ1) is 16.2. The van der Waals surface area contributed by atoms with E-state index in [1.165, 1.54) is 6.26 Å². The first-order valence-electron chi connectivity index (χ1n) is 6.06. The molecule has 0 aliphatic heterocycles. The van der Waals surface area contributed by atoms with Gasteiger partial charge in [-0.05, 0) is 38.1 Å². The summed E-state index contributed by atoms with van der Waals surface area (Å²) in [4.78, 5) is 22.4. The molecule has 0 atom stereocenters. The monoisotopic (exact) mass is 288 g/mol. The fourth-order valence-electron chi connectivity index (χ4n) is 1.08. The molecule has 0 spiro atoms. The predicted octanol–water partition coefficient (Wildman–Crippen LogP) is 3.14. The number of hydrogen-bond donors (Lipinski definition) is 0. The van der Waals surface area contributed by atoms with E-state index in [-0.39, 0.29) is 0 Å². The molecule has 0 aliphatic rings. The summed E-state index contributed by atoms with van der Waals surface area (Å²) < 4.78 is 14.9. The third-order valence-electron chi connectivity index (χ3n) is 2.17. The molecule has 1 aromatic rings. The van der Waals surface area contributed by atoms with Crippen LogP contribution in [0.2, 0.25) is 0 Å². The van der Waals surface area contributed by atoms with E-state index in [4.69, 9.17) is 14.2 Å². The highest BCUT2D eigenvalue weighted by Crippen LogP contribution is 2.18. The fourth-order valence-corrected chi connectivity index (χ4v) is 1.08. The molecule has 5 nitrogen and oxygen atoms in total. The Morgan fingerprint density at radius 2 is 1.43 bits per heavy atom. The Balaban J connectivity index is 2.50. The lowest BCUT2D eigenvalue weighted by Crippen LogP contribution is -2.07. The van der Waals surface area contributed by atoms with Gasteiger partial charge in [0.05, 0.1) is 0 Å². The van der Waals surface area contributed by atoms with Crippen molar-refractivity contribution in [3.63, 3.8) is 0 Å². The maximum atomic E-state index is 11.3. The Morgan fingerprint density at radius 3 is 1.95 bits per heavy atom. The zero-order chi connectivity index (χ0) is 15.8. The third-order valence-corrected chi connectivity index (χ3v) is 2.17. The first-order valence-corrected chi connectivity index (χ1v) is 6.06. The molecule has 0 saturated carbocycles. The van der Waals surface area contributed by atoms with Gasteiger partial charge in [0.2, 0.25) is 0 Å². The maximum Gasteiger partial charge on any atom is 0.338 e. The van der Waals surface area contributed by atoms with Gasteiger partial charge in [-0.2, -0.15) is 0 Å². The van der Waals surface area contributed by atoms with E-state index in [0.29, 0.717) is 22.6 Å². The van der Waals surface area contributed by atoms with Crippen LogP contribution in [-0.2, 0) is 14.3 Å². The number of hydrogen-bond acceptors (Lipinski definition) is 5.